The molecule has 94 valence electrons. The van der Waals surface area contributed by atoms with Crippen LogP contribution in [-0.2, 0) is 7.05 Å². The second-order valence-electron chi connectivity index (χ2n) is 5.76. The van der Waals surface area contributed by atoms with Crippen molar-refractivity contribution in [1.82, 2.24) is 9.55 Å². The Morgan fingerprint density at radius 2 is 1.65 bits per heavy atom. The van der Waals surface area contributed by atoms with E-state index in [4.69, 9.17) is 10.7 Å². The van der Waals surface area contributed by atoms with Crippen molar-refractivity contribution < 1.29 is 0 Å². The second-order valence-corrected chi connectivity index (χ2v) is 5.76. The van der Waals surface area contributed by atoms with E-state index in [0.717, 1.165) is 5.82 Å². The van der Waals surface area contributed by atoms with Gasteiger partial charge in [-0.15, -0.1) is 0 Å². The molecule has 3 heteroatoms. The van der Waals surface area contributed by atoms with Crippen LogP contribution in [-0.4, -0.2) is 9.55 Å². The van der Waals surface area contributed by atoms with E-state index in [1.165, 1.54) is 62.9 Å². The molecule has 17 heavy (non-hydrogen) atoms. The summed E-state index contributed by atoms with van der Waals surface area (Å²) >= 11 is 0. The van der Waals surface area contributed by atoms with Gasteiger partial charge in [0.15, 0.2) is 0 Å². The lowest BCUT2D eigenvalue weighted by molar-refractivity contribution is 0.406. The van der Waals surface area contributed by atoms with Crippen LogP contribution in [0.15, 0.2) is 0 Å². The van der Waals surface area contributed by atoms with Crippen molar-refractivity contribution in [2.24, 2.45) is 7.05 Å². The summed E-state index contributed by atoms with van der Waals surface area (Å²) in [4.78, 5) is 4.89. The predicted molar refractivity (Wildman–Crippen MR) is 70.0 cm³/mol. The number of hydrogen-bond acceptors (Lipinski definition) is 2. The molecule has 0 aromatic carbocycles. The Kier molecular flexibility index (Phi) is 2.85. The maximum Gasteiger partial charge on any atom is 0.126 e. The third-order valence-corrected chi connectivity index (χ3v) is 4.66. The van der Waals surface area contributed by atoms with E-state index in [-0.39, 0.29) is 0 Å². The zero-order valence-electron chi connectivity index (χ0n) is 10.8. The van der Waals surface area contributed by atoms with E-state index in [0.29, 0.717) is 11.8 Å². The Hall–Kier alpha value is -0.990. The van der Waals surface area contributed by atoms with Crippen LogP contribution in [0.5, 0.6) is 0 Å². The number of nitrogens with zero attached hydrogens (tertiary/aromatic N) is 2. The SMILES string of the molecule is Cn1c(C2CCCCC2)nc(C2CCC2)c1N. The van der Waals surface area contributed by atoms with E-state index in [1.807, 2.05) is 0 Å². The van der Waals surface area contributed by atoms with E-state index < -0.39 is 0 Å². The highest BCUT2D eigenvalue weighted by atomic mass is 15.1. The maximum absolute atomic E-state index is 6.22. The van der Waals surface area contributed by atoms with Gasteiger partial charge in [0.2, 0.25) is 0 Å². The summed E-state index contributed by atoms with van der Waals surface area (Å²) in [5.74, 6) is 3.49. The first-order chi connectivity index (χ1) is 8.27. The van der Waals surface area contributed by atoms with Crippen LogP contribution in [0.1, 0.15) is 74.7 Å². The third-order valence-electron chi connectivity index (χ3n) is 4.66. The first kappa shape index (κ1) is 11.1. The van der Waals surface area contributed by atoms with Crippen LogP contribution in [0.2, 0.25) is 0 Å². The predicted octanol–water partition coefficient (Wildman–Crippen LogP) is 3.32. The van der Waals surface area contributed by atoms with Gasteiger partial charge in [-0.3, -0.25) is 0 Å². The minimum atomic E-state index is 0.651. The molecule has 2 saturated carbocycles. The number of aromatic nitrogens is 2. The van der Waals surface area contributed by atoms with Crippen molar-refractivity contribution in [2.75, 3.05) is 5.73 Å². The first-order valence-electron chi connectivity index (χ1n) is 7.09. The normalized spacial score (nSPS) is 22.6. The molecule has 0 atom stereocenters. The van der Waals surface area contributed by atoms with Gasteiger partial charge in [0, 0.05) is 18.9 Å². The van der Waals surface area contributed by atoms with Gasteiger partial charge in [0.05, 0.1) is 5.69 Å². The molecule has 2 aliphatic rings. The molecule has 0 saturated heterocycles. The highest BCUT2D eigenvalue weighted by molar-refractivity contribution is 5.41. The van der Waals surface area contributed by atoms with Gasteiger partial charge in [0.1, 0.15) is 11.6 Å². The van der Waals surface area contributed by atoms with Crippen LogP contribution in [0.3, 0.4) is 0 Å². The molecule has 3 nitrogen and oxygen atoms in total. The topological polar surface area (TPSA) is 43.8 Å². The molecule has 0 bridgehead atoms. The Morgan fingerprint density at radius 3 is 2.24 bits per heavy atom. The minimum absolute atomic E-state index is 0.651. The number of nitrogen functional groups attached to an aromatic ring is 1. The molecule has 2 fully saturated rings. The molecule has 0 radical (unpaired) electrons. The second kappa shape index (κ2) is 4.35. The Bertz CT molecular complexity index is 398. The van der Waals surface area contributed by atoms with Crippen LogP contribution in [0.4, 0.5) is 5.82 Å². The summed E-state index contributed by atoms with van der Waals surface area (Å²) in [6.45, 7) is 0. The Balaban J connectivity index is 1.88. The van der Waals surface area contributed by atoms with Gasteiger partial charge in [-0.1, -0.05) is 25.7 Å². The number of anilines is 1. The van der Waals surface area contributed by atoms with E-state index in [9.17, 15) is 0 Å². The van der Waals surface area contributed by atoms with Crippen LogP contribution in [0, 0.1) is 0 Å². The first-order valence-corrected chi connectivity index (χ1v) is 7.09. The smallest absolute Gasteiger partial charge is 0.126 e. The molecule has 1 aromatic rings. The van der Waals surface area contributed by atoms with E-state index in [1.54, 1.807) is 0 Å². The lowest BCUT2D eigenvalue weighted by atomic mass is 9.83. The highest BCUT2D eigenvalue weighted by Gasteiger charge is 2.28. The maximum atomic E-state index is 6.22. The van der Waals surface area contributed by atoms with Crippen molar-refractivity contribution in [3.05, 3.63) is 11.5 Å². The van der Waals surface area contributed by atoms with Gasteiger partial charge >= 0.3 is 0 Å². The number of hydrogen-bond donors (Lipinski definition) is 1. The van der Waals surface area contributed by atoms with Crippen molar-refractivity contribution in [3.8, 4) is 0 Å². The lowest BCUT2D eigenvalue weighted by Crippen LogP contribution is -2.11. The molecular formula is C14H23N3. The van der Waals surface area contributed by atoms with E-state index in [2.05, 4.69) is 11.6 Å². The molecule has 0 unspecified atom stereocenters. The standard InChI is InChI=1S/C14H23N3/c1-17-13(15)12(10-8-5-9-10)16-14(17)11-6-3-2-4-7-11/h10-11H,2-9,15H2,1H3. The fraction of sp³-hybridized carbons (Fsp3) is 0.786. The Morgan fingerprint density at radius 1 is 1.00 bits per heavy atom. The molecule has 3 rings (SSSR count). The highest BCUT2D eigenvalue weighted by Crippen LogP contribution is 2.41. The molecule has 0 amide bonds. The summed E-state index contributed by atoms with van der Waals surface area (Å²) in [7, 11) is 2.09. The van der Waals surface area contributed by atoms with Crippen molar-refractivity contribution in [1.29, 1.82) is 0 Å². The molecule has 0 aliphatic heterocycles. The molecular weight excluding hydrogens is 210 g/mol. The summed E-state index contributed by atoms with van der Waals surface area (Å²) in [5.41, 5.74) is 7.41. The van der Waals surface area contributed by atoms with Gasteiger partial charge in [-0.2, -0.15) is 0 Å². The lowest BCUT2D eigenvalue weighted by Gasteiger charge is -2.24. The molecule has 2 N–H and O–H groups in total. The van der Waals surface area contributed by atoms with Crippen LogP contribution >= 0.6 is 0 Å². The number of imidazole rings is 1. The fourth-order valence-corrected chi connectivity index (χ4v) is 3.26. The average molecular weight is 233 g/mol. The summed E-state index contributed by atoms with van der Waals surface area (Å²) in [6.07, 6.45) is 10.6. The summed E-state index contributed by atoms with van der Waals surface area (Å²) in [6, 6.07) is 0. The molecule has 1 aromatic heterocycles. The number of rotatable bonds is 2. The largest absolute Gasteiger partial charge is 0.384 e. The average Bonchev–Trinajstić information content (AvgIpc) is 2.57. The van der Waals surface area contributed by atoms with Crippen molar-refractivity contribution in [2.45, 2.75) is 63.2 Å². The van der Waals surface area contributed by atoms with Crippen LogP contribution < -0.4 is 5.73 Å². The Labute approximate surface area is 103 Å². The summed E-state index contributed by atoms with van der Waals surface area (Å²) in [5, 5.41) is 0. The molecule has 0 spiro atoms. The van der Waals surface area contributed by atoms with Gasteiger partial charge in [-0.05, 0) is 25.7 Å². The van der Waals surface area contributed by atoms with Gasteiger partial charge < -0.3 is 10.3 Å². The fourth-order valence-electron chi connectivity index (χ4n) is 3.26. The van der Waals surface area contributed by atoms with Crippen LogP contribution in [0.25, 0.3) is 0 Å². The van der Waals surface area contributed by atoms with Crippen molar-refractivity contribution >= 4 is 5.82 Å². The zero-order valence-corrected chi connectivity index (χ0v) is 10.8. The third kappa shape index (κ3) is 1.85. The molecule has 1 heterocycles. The number of nitrogens with two attached hydrogens (primary N) is 1. The molecule has 2 aliphatic carbocycles. The van der Waals surface area contributed by atoms with Crippen molar-refractivity contribution in [3.63, 3.8) is 0 Å². The monoisotopic (exact) mass is 233 g/mol. The van der Waals surface area contributed by atoms with Gasteiger partial charge in [0.25, 0.3) is 0 Å². The zero-order chi connectivity index (χ0) is 11.8. The van der Waals surface area contributed by atoms with E-state index >= 15 is 0 Å². The van der Waals surface area contributed by atoms with Gasteiger partial charge in [-0.25, -0.2) is 4.98 Å². The minimum Gasteiger partial charge on any atom is -0.384 e. The summed E-state index contributed by atoms with van der Waals surface area (Å²) < 4.78 is 2.16. The quantitative estimate of drug-likeness (QED) is 0.851.